The first kappa shape index (κ1) is 12.2. The van der Waals surface area contributed by atoms with E-state index in [4.69, 9.17) is 9.68 Å². The molecule has 0 atom stereocenters. The summed E-state index contributed by atoms with van der Waals surface area (Å²) >= 11 is 1.35. The first-order chi connectivity index (χ1) is 8.61. The van der Waals surface area contributed by atoms with E-state index in [0.29, 0.717) is 4.90 Å². The molecule has 0 saturated heterocycles. The van der Waals surface area contributed by atoms with Gasteiger partial charge in [0.2, 0.25) is 0 Å². The Kier molecular flexibility index (Phi) is 3.35. The molecule has 1 aromatic heterocycles. The molecule has 0 radical (unpaired) electrons. The molecular weight excluding hydrogens is 252 g/mol. The maximum absolute atomic E-state index is 10.6. The van der Waals surface area contributed by atoms with Crippen molar-refractivity contribution >= 4 is 17.4 Å². The Balaban J connectivity index is 2.37. The Hall–Kier alpha value is -2.26. The fraction of sp³-hybridized carbons (Fsp3) is 0.0833. The van der Waals surface area contributed by atoms with E-state index in [1.165, 1.54) is 23.9 Å². The summed E-state index contributed by atoms with van der Waals surface area (Å²) in [5.74, 6) is 0.752. The largest absolute Gasteiger partial charge is 0.468 e. The van der Waals surface area contributed by atoms with Gasteiger partial charge in [0.15, 0.2) is 0 Å². The maximum Gasteiger partial charge on any atom is 0.270 e. The minimum absolute atomic E-state index is 0.0835. The number of furan rings is 1. The third-order valence-corrected chi connectivity index (χ3v) is 3.54. The highest BCUT2D eigenvalue weighted by molar-refractivity contribution is 7.99. The van der Waals surface area contributed by atoms with Crippen molar-refractivity contribution in [3.63, 3.8) is 0 Å². The van der Waals surface area contributed by atoms with Crippen molar-refractivity contribution in [2.75, 3.05) is 0 Å². The van der Waals surface area contributed by atoms with Gasteiger partial charge in [0.25, 0.3) is 5.69 Å². The Morgan fingerprint density at radius 2 is 2.17 bits per heavy atom. The predicted octanol–water partition coefficient (Wildman–Crippen LogP) is 3.52. The lowest BCUT2D eigenvalue weighted by Gasteiger charge is -2.02. The standard InChI is InChI=1S/C12H8N2O3S/c1-8-11(4-5-17-8)18-12-3-2-10(14(15)16)6-9(12)7-13/h2-6H,1H3. The fourth-order valence-electron chi connectivity index (χ4n) is 1.41. The second-order valence-corrected chi connectivity index (χ2v) is 4.58. The van der Waals surface area contributed by atoms with Gasteiger partial charge in [0.1, 0.15) is 11.8 Å². The second kappa shape index (κ2) is 4.94. The molecule has 0 aliphatic carbocycles. The number of hydrogen-bond donors (Lipinski definition) is 0. The summed E-state index contributed by atoms with van der Waals surface area (Å²) in [5.41, 5.74) is 0.203. The molecule has 1 heterocycles. The Morgan fingerprint density at radius 3 is 2.72 bits per heavy atom. The Labute approximate surface area is 107 Å². The first-order valence-corrected chi connectivity index (χ1v) is 5.84. The van der Waals surface area contributed by atoms with Crippen molar-refractivity contribution in [1.82, 2.24) is 0 Å². The van der Waals surface area contributed by atoms with E-state index in [9.17, 15) is 10.1 Å². The van der Waals surface area contributed by atoms with Crippen LogP contribution in [0.2, 0.25) is 0 Å². The molecule has 90 valence electrons. The molecule has 2 aromatic rings. The molecule has 6 heteroatoms. The number of nitriles is 1. The molecular formula is C12H8N2O3S. The van der Waals surface area contributed by atoms with Crippen LogP contribution in [0.4, 0.5) is 5.69 Å². The van der Waals surface area contributed by atoms with Crippen molar-refractivity contribution in [3.05, 3.63) is 52.0 Å². The smallest absolute Gasteiger partial charge is 0.270 e. The highest BCUT2D eigenvalue weighted by Crippen LogP contribution is 2.34. The molecule has 0 N–H and O–H groups in total. The molecule has 0 aliphatic rings. The molecule has 0 saturated carbocycles. The number of aryl methyl sites for hydroxylation is 1. The van der Waals surface area contributed by atoms with Crippen LogP contribution in [0.15, 0.2) is 44.7 Å². The lowest BCUT2D eigenvalue weighted by molar-refractivity contribution is -0.384. The molecule has 5 nitrogen and oxygen atoms in total. The number of non-ortho nitro benzene ring substituents is 1. The maximum atomic E-state index is 10.6. The van der Waals surface area contributed by atoms with Gasteiger partial charge in [-0.05, 0) is 19.1 Å². The third kappa shape index (κ3) is 2.36. The summed E-state index contributed by atoms with van der Waals surface area (Å²) in [5, 5.41) is 19.6. The lowest BCUT2D eigenvalue weighted by atomic mass is 10.2. The number of rotatable bonds is 3. The van der Waals surface area contributed by atoms with Gasteiger partial charge in [0.05, 0.1) is 21.6 Å². The van der Waals surface area contributed by atoms with Gasteiger partial charge >= 0.3 is 0 Å². The monoisotopic (exact) mass is 260 g/mol. The Morgan fingerprint density at radius 1 is 1.39 bits per heavy atom. The van der Waals surface area contributed by atoms with E-state index in [-0.39, 0.29) is 11.3 Å². The predicted molar refractivity (Wildman–Crippen MR) is 65.4 cm³/mol. The summed E-state index contributed by atoms with van der Waals surface area (Å²) in [6, 6.07) is 8.00. The van der Waals surface area contributed by atoms with Crippen molar-refractivity contribution in [3.8, 4) is 6.07 Å². The van der Waals surface area contributed by atoms with Crippen LogP contribution < -0.4 is 0 Å². The van der Waals surface area contributed by atoms with Gasteiger partial charge < -0.3 is 4.42 Å². The quantitative estimate of drug-likeness (QED) is 0.623. The molecule has 0 bridgehead atoms. The van der Waals surface area contributed by atoms with E-state index < -0.39 is 4.92 Å². The van der Waals surface area contributed by atoms with Crippen LogP contribution in [0.5, 0.6) is 0 Å². The van der Waals surface area contributed by atoms with Crippen molar-refractivity contribution in [2.45, 2.75) is 16.7 Å². The van der Waals surface area contributed by atoms with Crippen LogP contribution in [0.3, 0.4) is 0 Å². The van der Waals surface area contributed by atoms with Gasteiger partial charge in [-0.3, -0.25) is 10.1 Å². The minimum atomic E-state index is -0.515. The van der Waals surface area contributed by atoms with E-state index in [0.717, 1.165) is 10.7 Å². The topological polar surface area (TPSA) is 80.1 Å². The van der Waals surface area contributed by atoms with Gasteiger partial charge in [-0.1, -0.05) is 11.8 Å². The Bertz CT molecular complexity index is 643. The number of nitro benzene ring substituents is 1. The number of benzene rings is 1. The third-order valence-electron chi connectivity index (χ3n) is 2.33. The summed E-state index contributed by atoms with van der Waals surface area (Å²) in [6.07, 6.45) is 1.56. The summed E-state index contributed by atoms with van der Waals surface area (Å²) in [7, 11) is 0. The van der Waals surface area contributed by atoms with E-state index in [1.807, 2.05) is 13.0 Å². The van der Waals surface area contributed by atoms with Gasteiger partial charge in [-0.15, -0.1) is 0 Å². The second-order valence-electron chi connectivity index (χ2n) is 3.49. The number of nitro groups is 1. The first-order valence-electron chi connectivity index (χ1n) is 5.02. The van der Waals surface area contributed by atoms with Crippen LogP contribution in [0, 0.1) is 28.4 Å². The molecule has 0 unspecified atom stereocenters. The fourth-order valence-corrected chi connectivity index (χ4v) is 2.31. The van der Waals surface area contributed by atoms with Crippen LogP contribution in [0.1, 0.15) is 11.3 Å². The van der Waals surface area contributed by atoms with Crippen LogP contribution in [-0.2, 0) is 0 Å². The summed E-state index contributed by atoms with van der Waals surface area (Å²) in [4.78, 5) is 11.7. The van der Waals surface area contributed by atoms with Crippen molar-refractivity contribution in [1.29, 1.82) is 5.26 Å². The van der Waals surface area contributed by atoms with Gasteiger partial charge in [-0.2, -0.15) is 5.26 Å². The zero-order chi connectivity index (χ0) is 13.1. The van der Waals surface area contributed by atoms with Crippen molar-refractivity contribution in [2.24, 2.45) is 0 Å². The summed E-state index contributed by atoms with van der Waals surface area (Å²) < 4.78 is 5.16. The molecule has 0 fully saturated rings. The molecule has 2 rings (SSSR count). The molecule has 18 heavy (non-hydrogen) atoms. The lowest BCUT2D eigenvalue weighted by Crippen LogP contribution is -1.90. The van der Waals surface area contributed by atoms with Crippen LogP contribution in [-0.4, -0.2) is 4.92 Å². The van der Waals surface area contributed by atoms with Crippen LogP contribution in [0.25, 0.3) is 0 Å². The van der Waals surface area contributed by atoms with Crippen molar-refractivity contribution < 1.29 is 9.34 Å². The average Bonchev–Trinajstić information content (AvgIpc) is 2.75. The van der Waals surface area contributed by atoms with Gasteiger partial charge in [-0.25, -0.2) is 0 Å². The average molecular weight is 260 g/mol. The molecule has 0 spiro atoms. The van der Waals surface area contributed by atoms with E-state index in [1.54, 1.807) is 18.4 Å². The van der Waals surface area contributed by atoms with E-state index in [2.05, 4.69) is 0 Å². The van der Waals surface area contributed by atoms with Crippen LogP contribution >= 0.6 is 11.8 Å². The van der Waals surface area contributed by atoms with E-state index >= 15 is 0 Å². The summed E-state index contributed by atoms with van der Waals surface area (Å²) in [6.45, 7) is 1.82. The molecule has 0 amide bonds. The normalized spacial score (nSPS) is 10.0. The highest BCUT2D eigenvalue weighted by atomic mass is 32.2. The zero-order valence-electron chi connectivity index (χ0n) is 9.41. The molecule has 1 aromatic carbocycles. The SMILES string of the molecule is Cc1occc1Sc1ccc([N+](=O)[O-])cc1C#N. The highest BCUT2D eigenvalue weighted by Gasteiger charge is 2.13. The van der Waals surface area contributed by atoms with Gasteiger partial charge in [0, 0.05) is 17.0 Å². The number of nitrogens with zero attached hydrogens (tertiary/aromatic N) is 2. The molecule has 0 aliphatic heterocycles. The number of hydrogen-bond acceptors (Lipinski definition) is 5. The zero-order valence-corrected chi connectivity index (χ0v) is 10.2. The minimum Gasteiger partial charge on any atom is -0.468 e.